The van der Waals surface area contributed by atoms with Crippen LogP contribution in [0, 0.1) is 15.5 Å². The molecule has 0 unspecified atom stereocenters. The first-order chi connectivity index (χ1) is 11.0. The molecule has 1 saturated heterocycles. The van der Waals surface area contributed by atoms with Gasteiger partial charge in [0, 0.05) is 24.6 Å². The molecule has 4 rings (SSSR count). The minimum Gasteiger partial charge on any atom is -0.465 e. The lowest BCUT2D eigenvalue weighted by Crippen LogP contribution is -2.40. The van der Waals surface area contributed by atoms with E-state index in [-0.39, 0.29) is 17.1 Å². The van der Waals surface area contributed by atoms with Gasteiger partial charge in [0.25, 0.3) is 5.69 Å². The van der Waals surface area contributed by atoms with Crippen LogP contribution in [-0.4, -0.2) is 45.5 Å². The van der Waals surface area contributed by atoms with Gasteiger partial charge in [-0.2, -0.15) is 5.10 Å². The van der Waals surface area contributed by atoms with E-state index in [1.54, 1.807) is 12.3 Å². The first-order valence-corrected chi connectivity index (χ1v) is 7.35. The number of carboxylic acid groups (broad SMARTS) is 1. The molecule has 1 atom stereocenters. The summed E-state index contributed by atoms with van der Waals surface area (Å²) >= 11 is 0. The summed E-state index contributed by atoms with van der Waals surface area (Å²) in [7, 11) is 0. The molecule has 1 aromatic heterocycles. The van der Waals surface area contributed by atoms with Gasteiger partial charge in [0.2, 0.25) is 0 Å². The molecule has 2 fully saturated rings. The van der Waals surface area contributed by atoms with E-state index in [0.29, 0.717) is 24.2 Å². The molecule has 1 spiro atoms. The predicted molar refractivity (Wildman–Crippen MR) is 81.6 cm³/mol. The molecule has 120 valence electrons. The number of carbonyl (C=O) groups is 1. The van der Waals surface area contributed by atoms with Crippen LogP contribution in [0.2, 0.25) is 0 Å². The van der Waals surface area contributed by atoms with Crippen molar-refractivity contribution in [2.45, 2.75) is 18.9 Å². The number of nitrogens with zero attached hydrogens (tertiary/aromatic N) is 3. The number of aromatic amines is 1. The molecule has 0 bridgehead atoms. The number of aromatic nitrogens is 2. The lowest BCUT2D eigenvalue weighted by molar-refractivity contribution is -0.384. The van der Waals surface area contributed by atoms with Crippen LogP contribution in [-0.2, 0) is 0 Å². The largest absolute Gasteiger partial charge is 0.465 e. The van der Waals surface area contributed by atoms with Gasteiger partial charge in [0.05, 0.1) is 28.1 Å². The Hall–Kier alpha value is -2.84. The second-order valence-electron chi connectivity index (χ2n) is 6.27. The standard InChI is InChI=1S/C14H15N5O4/c20-13(21)16-11-6-18(7-14(11)3-4-14)12-8-5-15-17-9(8)1-2-10(12)19(22)23/h1-2,5,11,16H,3-4,6-7H2,(H,15,17)(H,20,21)/t11-/m0/s1. The van der Waals surface area contributed by atoms with Crippen molar-refractivity contribution >= 4 is 28.4 Å². The maximum absolute atomic E-state index is 11.4. The number of hydrogen-bond acceptors (Lipinski definition) is 5. The molecular weight excluding hydrogens is 302 g/mol. The van der Waals surface area contributed by atoms with Crippen molar-refractivity contribution in [3.05, 3.63) is 28.4 Å². The molecule has 9 nitrogen and oxygen atoms in total. The summed E-state index contributed by atoms with van der Waals surface area (Å²) in [6.45, 7) is 1.04. The summed E-state index contributed by atoms with van der Waals surface area (Å²) in [6, 6.07) is 2.90. The Morgan fingerprint density at radius 1 is 1.52 bits per heavy atom. The first kappa shape index (κ1) is 13.8. The van der Waals surface area contributed by atoms with Crippen LogP contribution in [0.5, 0.6) is 0 Å². The van der Waals surface area contributed by atoms with Gasteiger partial charge in [-0.25, -0.2) is 4.79 Å². The van der Waals surface area contributed by atoms with Crippen molar-refractivity contribution in [2.75, 3.05) is 18.0 Å². The van der Waals surface area contributed by atoms with Crippen LogP contribution in [0.25, 0.3) is 10.9 Å². The fraction of sp³-hybridized carbons (Fsp3) is 0.429. The molecule has 1 aliphatic heterocycles. The van der Waals surface area contributed by atoms with Gasteiger partial charge in [0.1, 0.15) is 5.69 Å². The number of amides is 1. The maximum Gasteiger partial charge on any atom is 0.404 e. The van der Waals surface area contributed by atoms with E-state index in [9.17, 15) is 14.9 Å². The van der Waals surface area contributed by atoms with Crippen molar-refractivity contribution < 1.29 is 14.8 Å². The van der Waals surface area contributed by atoms with Gasteiger partial charge in [-0.3, -0.25) is 15.2 Å². The van der Waals surface area contributed by atoms with Gasteiger partial charge in [-0.15, -0.1) is 0 Å². The van der Waals surface area contributed by atoms with E-state index in [1.807, 2.05) is 4.90 Å². The number of anilines is 1. The molecule has 23 heavy (non-hydrogen) atoms. The number of H-pyrrole nitrogens is 1. The highest BCUT2D eigenvalue weighted by Crippen LogP contribution is 2.54. The fourth-order valence-corrected chi connectivity index (χ4v) is 3.62. The Bertz CT molecular complexity index is 813. The summed E-state index contributed by atoms with van der Waals surface area (Å²) in [5.41, 5.74) is 1.16. The molecule has 9 heteroatoms. The smallest absolute Gasteiger partial charge is 0.404 e. The number of benzene rings is 1. The fourth-order valence-electron chi connectivity index (χ4n) is 3.62. The van der Waals surface area contributed by atoms with Gasteiger partial charge in [0.15, 0.2) is 0 Å². The summed E-state index contributed by atoms with van der Waals surface area (Å²) in [5, 5.41) is 30.5. The maximum atomic E-state index is 11.4. The summed E-state index contributed by atoms with van der Waals surface area (Å²) in [5.74, 6) is 0. The lowest BCUT2D eigenvalue weighted by Gasteiger charge is -2.19. The van der Waals surface area contributed by atoms with Gasteiger partial charge < -0.3 is 15.3 Å². The van der Waals surface area contributed by atoms with Crippen LogP contribution >= 0.6 is 0 Å². The second-order valence-corrected chi connectivity index (χ2v) is 6.27. The zero-order valence-electron chi connectivity index (χ0n) is 12.2. The number of nitrogens with one attached hydrogen (secondary N) is 2. The Balaban J connectivity index is 1.77. The second kappa shape index (κ2) is 4.58. The minimum absolute atomic E-state index is 0.0191. The average molecular weight is 317 g/mol. The molecule has 2 aliphatic rings. The molecule has 2 aromatic rings. The van der Waals surface area contributed by atoms with E-state index >= 15 is 0 Å². The van der Waals surface area contributed by atoms with Crippen molar-refractivity contribution in [3.8, 4) is 0 Å². The van der Waals surface area contributed by atoms with Gasteiger partial charge in [-0.1, -0.05) is 0 Å². The highest BCUT2D eigenvalue weighted by molar-refractivity contribution is 5.97. The molecule has 0 radical (unpaired) electrons. The number of nitro benzene ring substituents is 1. The molecule has 1 aliphatic carbocycles. The monoisotopic (exact) mass is 317 g/mol. The summed E-state index contributed by atoms with van der Waals surface area (Å²) < 4.78 is 0. The third-order valence-corrected chi connectivity index (χ3v) is 4.93. The quantitative estimate of drug-likeness (QED) is 0.584. The van der Waals surface area contributed by atoms with Gasteiger partial charge >= 0.3 is 6.09 Å². The zero-order valence-corrected chi connectivity index (χ0v) is 12.2. The van der Waals surface area contributed by atoms with Gasteiger partial charge in [-0.05, 0) is 18.9 Å². The van der Waals surface area contributed by atoms with E-state index < -0.39 is 11.0 Å². The molecule has 3 N–H and O–H groups in total. The van der Waals surface area contributed by atoms with Crippen LogP contribution in [0.3, 0.4) is 0 Å². The van der Waals surface area contributed by atoms with Crippen molar-refractivity contribution in [2.24, 2.45) is 5.41 Å². The third-order valence-electron chi connectivity index (χ3n) is 4.93. The number of nitro groups is 1. The minimum atomic E-state index is -1.06. The normalized spacial score (nSPS) is 21.7. The molecule has 2 heterocycles. The molecule has 1 saturated carbocycles. The van der Waals surface area contributed by atoms with Crippen LogP contribution in [0.4, 0.5) is 16.2 Å². The van der Waals surface area contributed by atoms with Crippen molar-refractivity contribution in [3.63, 3.8) is 0 Å². The first-order valence-electron chi connectivity index (χ1n) is 7.35. The van der Waals surface area contributed by atoms with Crippen LogP contribution in [0.15, 0.2) is 18.3 Å². The zero-order chi connectivity index (χ0) is 16.2. The lowest BCUT2D eigenvalue weighted by atomic mass is 10.0. The summed E-state index contributed by atoms with van der Waals surface area (Å²) in [4.78, 5) is 23.9. The Labute approximate surface area is 130 Å². The van der Waals surface area contributed by atoms with Crippen LogP contribution in [0.1, 0.15) is 12.8 Å². The number of fused-ring (bicyclic) bond motifs is 1. The third kappa shape index (κ3) is 2.07. The molecular formula is C14H15N5O4. The topological polar surface area (TPSA) is 124 Å². The highest BCUT2D eigenvalue weighted by atomic mass is 16.6. The number of hydrogen-bond donors (Lipinski definition) is 3. The van der Waals surface area contributed by atoms with E-state index in [0.717, 1.165) is 18.4 Å². The molecule has 1 aromatic carbocycles. The number of rotatable bonds is 3. The SMILES string of the molecule is O=C(O)N[C@H]1CN(c2c([N+](=O)[O-])ccc3[nH]ncc23)CC12CC2. The summed E-state index contributed by atoms with van der Waals surface area (Å²) in [6.07, 6.45) is 2.39. The van der Waals surface area contributed by atoms with Crippen molar-refractivity contribution in [1.82, 2.24) is 15.5 Å². The van der Waals surface area contributed by atoms with Crippen LogP contribution < -0.4 is 10.2 Å². The van der Waals surface area contributed by atoms with Crippen molar-refractivity contribution in [1.29, 1.82) is 0 Å². The predicted octanol–water partition coefficient (Wildman–Crippen LogP) is 1.71. The van der Waals surface area contributed by atoms with E-state index in [1.165, 1.54) is 6.07 Å². The Kier molecular flexibility index (Phi) is 2.75. The highest BCUT2D eigenvalue weighted by Gasteiger charge is 2.56. The van der Waals surface area contributed by atoms with E-state index in [4.69, 9.17) is 5.11 Å². The Morgan fingerprint density at radius 2 is 2.30 bits per heavy atom. The average Bonchev–Trinajstić information content (AvgIpc) is 2.96. The van der Waals surface area contributed by atoms with E-state index in [2.05, 4.69) is 15.5 Å². The Morgan fingerprint density at radius 3 is 2.96 bits per heavy atom. The molecule has 1 amide bonds.